The molecule has 2 atom stereocenters. The van der Waals surface area contributed by atoms with Gasteiger partial charge in [0.1, 0.15) is 5.75 Å². The fourth-order valence-electron chi connectivity index (χ4n) is 2.91. The van der Waals surface area contributed by atoms with E-state index < -0.39 is 23.5 Å². The van der Waals surface area contributed by atoms with E-state index in [1.54, 1.807) is 24.5 Å². The number of ether oxygens (including phenoxy) is 1. The number of aliphatic hydroxyl groups is 2. The third-order valence-electron chi connectivity index (χ3n) is 4.19. The third kappa shape index (κ3) is 3.72. The number of nitrogens with zero attached hydrogens (tertiary/aromatic N) is 2. The van der Waals surface area contributed by atoms with Crippen molar-refractivity contribution in [1.29, 1.82) is 0 Å². The van der Waals surface area contributed by atoms with E-state index in [1.165, 1.54) is 12.3 Å². The van der Waals surface area contributed by atoms with E-state index in [4.69, 9.17) is 9.26 Å². The highest BCUT2D eigenvalue weighted by Gasteiger charge is 2.45. The molecule has 1 aliphatic rings. The first-order chi connectivity index (χ1) is 11.6. The molecule has 24 heavy (non-hydrogen) atoms. The Morgan fingerprint density at radius 1 is 1.33 bits per heavy atom. The molecule has 2 heterocycles. The van der Waals surface area contributed by atoms with Crippen LogP contribution >= 0.6 is 0 Å². The molecule has 1 fully saturated rings. The van der Waals surface area contributed by atoms with Crippen LogP contribution < -0.4 is 10.1 Å². The summed E-state index contributed by atoms with van der Waals surface area (Å²) in [6.07, 6.45) is 3.58. The van der Waals surface area contributed by atoms with Crippen molar-refractivity contribution in [2.24, 2.45) is 5.41 Å². The predicted molar refractivity (Wildman–Crippen MR) is 82.2 cm³/mol. The fraction of sp³-hybridized carbons (Fsp3) is 0.438. The van der Waals surface area contributed by atoms with Crippen molar-refractivity contribution < 1.29 is 24.3 Å². The van der Waals surface area contributed by atoms with Crippen molar-refractivity contribution in [2.75, 3.05) is 13.2 Å². The number of rotatable bonds is 6. The Hall–Kier alpha value is -2.45. The second-order valence-corrected chi connectivity index (χ2v) is 6.08. The van der Waals surface area contributed by atoms with Gasteiger partial charge in [-0.3, -0.25) is 9.78 Å². The summed E-state index contributed by atoms with van der Waals surface area (Å²) >= 11 is 0. The molecule has 3 rings (SSSR count). The van der Waals surface area contributed by atoms with Crippen molar-refractivity contribution in [3.05, 3.63) is 42.5 Å². The molecule has 0 radical (unpaired) electrons. The number of carbonyl (C=O) groups excluding carboxylic acids is 1. The Balaban J connectivity index is 1.65. The molecule has 1 saturated carbocycles. The molecule has 128 valence electrons. The van der Waals surface area contributed by atoms with Crippen LogP contribution in [0.1, 0.15) is 23.4 Å². The van der Waals surface area contributed by atoms with E-state index in [0.29, 0.717) is 18.6 Å². The van der Waals surface area contributed by atoms with E-state index >= 15 is 0 Å². The Labute approximate surface area is 138 Å². The summed E-state index contributed by atoms with van der Waals surface area (Å²) in [5.41, 5.74) is -0.579. The van der Waals surface area contributed by atoms with Crippen LogP contribution in [0.15, 0.2) is 41.3 Å². The highest BCUT2D eigenvalue weighted by molar-refractivity contribution is 5.91. The number of carbonyl (C=O) groups is 1. The Bertz CT molecular complexity index is 652. The van der Waals surface area contributed by atoms with Crippen LogP contribution in [-0.4, -0.2) is 51.6 Å². The van der Waals surface area contributed by atoms with Gasteiger partial charge in [0.05, 0.1) is 31.2 Å². The minimum Gasteiger partial charge on any atom is -0.491 e. The third-order valence-corrected chi connectivity index (χ3v) is 4.19. The zero-order valence-corrected chi connectivity index (χ0v) is 13.0. The molecule has 0 aliphatic heterocycles. The molecule has 2 unspecified atom stereocenters. The van der Waals surface area contributed by atoms with Crippen molar-refractivity contribution in [2.45, 2.75) is 25.0 Å². The summed E-state index contributed by atoms with van der Waals surface area (Å²) in [4.78, 5) is 16.0. The fourth-order valence-corrected chi connectivity index (χ4v) is 2.91. The van der Waals surface area contributed by atoms with Crippen LogP contribution in [0, 0.1) is 5.41 Å². The second-order valence-electron chi connectivity index (χ2n) is 6.08. The van der Waals surface area contributed by atoms with Crippen LogP contribution in [-0.2, 0) is 0 Å². The van der Waals surface area contributed by atoms with Crippen molar-refractivity contribution in [3.8, 4) is 5.75 Å². The highest BCUT2D eigenvalue weighted by Crippen LogP contribution is 2.38. The van der Waals surface area contributed by atoms with Gasteiger partial charge in [0.15, 0.2) is 0 Å². The maximum absolute atomic E-state index is 12.0. The number of hydrogen-bond acceptors (Lipinski definition) is 7. The molecule has 8 heteroatoms. The number of amides is 1. The summed E-state index contributed by atoms with van der Waals surface area (Å²) in [6, 6.07) is 4.99. The molecule has 2 aromatic heterocycles. The first-order valence-corrected chi connectivity index (χ1v) is 7.66. The number of pyridine rings is 1. The topological polar surface area (TPSA) is 118 Å². The standard InChI is InChI=1S/C16H19N3O5/c20-12-6-16(7-13(12)21,10-23-11-2-1-4-17-8-11)9-18-15(22)14-3-5-19-24-14/h1-5,8,12-13,20-21H,6-7,9-10H2,(H,18,22). The number of hydrogen-bond donors (Lipinski definition) is 3. The molecular formula is C16H19N3O5. The summed E-state index contributed by atoms with van der Waals surface area (Å²) in [5.74, 6) is 0.302. The summed E-state index contributed by atoms with van der Waals surface area (Å²) in [7, 11) is 0. The minimum absolute atomic E-state index is 0.109. The molecular weight excluding hydrogens is 314 g/mol. The zero-order valence-electron chi connectivity index (χ0n) is 13.0. The lowest BCUT2D eigenvalue weighted by Crippen LogP contribution is -2.40. The first kappa shape index (κ1) is 16.4. The first-order valence-electron chi connectivity index (χ1n) is 7.66. The van der Waals surface area contributed by atoms with Crippen LogP contribution in [0.5, 0.6) is 5.75 Å². The Kier molecular flexibility index (Phi) is 4.77. The number of aliphatic hydroxyl groups excluding tert-OH is 2. The van der Waals surface area contributed by atoms with Crippen LogP contribution in [0.3, 0.4) is 0 Å². The van der Waals surface area contributed by atoms with Gasteiger partial charge in [-0.2, -0.15) is 0 Å². The average molecular weight is 333 g/mol. The van der Waals surface area contributed by atoms with Gasteiger partial charge in [0.25, 0.3) is 5.91 Å². The van der Waals surface area contributed by atoms with Gasteiger partial charge in [-0.05, 0) is 25.0 Å². The maximum atomic E-state index is 12.0. The van der Waals surface area contributed by atoms with E-state index in [2.05, 4.69) is 15.5 Å². The van der Waals surface area contributed by atoms with Gasteiger partial charge in [-0.1, -0.05) is 5.16 Å². The van der Waals surface area contributed by atoms with E-state index in [1.807, 2.05) is 0 Å². The number of aromatic nitrogens is 2. The molecule has 8 nitrogen and oxygen atoms in total. The lowest BCUT2D eigenvalue weighted by molar-refractivity contribution is 0.0438. The van der Waals surface area contributed by atoms with Crippen molar-refractivity contribution >= 4 is 5.91 Å². The van der Waals surface area contributed by atoms with Gasteiger partial charge in [-0.25, -0.2) is 0 Å². The largest absolute Gasteiger partial charge is 0.491 e. The summed E-state index contributed by atoms with van der Waals surface area (Å²) in [6.45, 7) is 0.477. The lowest BCUT2D eigenvalue weighted by atomic mass is 9.86. The quantitative estimate of drug-likeness (QED) is 0.699. The van der Waals surface area contributed by atoms with Gasteiger partial charge < -0.3 is 24.8 Å². The Morgan fingerprint density at radius 3 is 2.75 bits per heavy atom. The average Bonchev–Trinajstić information content (AvgIpc) is 3.22. The normalized spacial score (nSPS) is 26.2. The molecule has 0 aromatic carbocycles. The zero-order chi connectivity index (χ0) is 17.0. The van der Waals surface area contributed by atoms with Gasteiger partial charge in [-0.15, -0.1) is 0 Å². The van der Waals surface area contributed by atoms with Crippen LogP contribution in [0.25, 0.3) is 0 Å². The molecule has 0 saturated heterocycles. The smallest absolute Gasteiger partial charge is 0.289 e. The maximum Gasteiger partial charge on any atom is 0.289 e. The summed E-state index contributed by atoms with van der Waals surface area (Å²) in [5, 5.41) is 26.1. The van der Waals surface area contributed by atoms with E-state index in [-0.39, 0.29) is 18.9 Å². The molecule has 2 aromatic rings. The Morgan fingerprint density at radius 2 is 2.12 bits per heavy atom. The van der Waals surface area contributed by atoms with Crippen molar-refractivity contribution in [1.82, 2.24) is 15.5 Å². The lowest BCUT2D eigenvalue weighted by Gasteiger charge is -2.29. The van der Waals surface area contributed by atoms with Gasteiger partial charge in [0.2, 0.25) is 5.76 Å². The van der Waals surface area contributed by atoms with Crippen LogP contribution in [0.2, 0.25) is 0 Å². The molecule has 1 amide bonds. The molecule has 1 aliphatic carbocycles. The summed E-state index contributed by atoms with van der Waals surface area (Å²) < 4.78 is 10.6. The van der Waals surface area contributed by atoms with Crippen molar-refractivity contribution in [3.63, 3.8) is 0 Å². The molecule has 3 N–H and O–H groups in total. The number of nitrogens with one attached hydrogen (secondary N) is 1. The van der Waals surface area contributed by atoms with E-state index in [9.17, 15) is 15.0 Å². The minimum atomic E-state index is -0.843. The molecule has 0 bridgehead atoms. The van der Waals surface area contributed by atoms with Gasteiger partial charge >= 0.3 is 0 Å². The van der Waals surface area contributed by atoms with Gasteiger partial charge in [0, 0.05) is 24.2 Å². The monoisotopic (exact) mass is 333 g/mol. The second kappa shape index (κ2) is 6.98. The van der Waals surface area contributed by atoms with Crippen LogP contribution in [0.4, 0.5) is 0 Å². The molecule has 0 spiro atoms. The highest BCUT2D eigenvalue weighted by atomic mass is 16.5. The SMILES string of the molecule is O=C(NCC1(COc2cccnc2)CC(O)C(O)C1)c1ccno1. The predicted octanol–water partition coefficient (Wildman–Crippen LogP) is 0.380. The van der Waals surface area contributed by atoms with E-state index in [0.717, 1.165) is 0 Å².